The molecule has 2 unspecified atom stereocenters. The third kappa shape index (κ3) is 7.29. The van der Waals surface area contributed by atoms with Gasteiger partial charge in [-0.1, -0.05) is 42.5 Å². The van der Waals surface area contributed by atoms with E-state index in [2.05, 4.69) is 65.8 Å². The van der Waals surface area contributed by atoms with Crippen LogP contribution in [0, 0.1) is 11.3 Å². The molecule has 2 atom stereocenters. The minimum atomic E-state index is 0. The van der Waals surface area contributed by atoms with E-state index in [-0.39, 0.29) is 24.0 Å². The molecule has 0 amide bonds. The zero-order chi connectivity index (χ0) is 20.5. The van der Waals surface area contributed by atoms with Crippen LogP contribution in [-0.2, 0) is 13.1 Å². The second-order valence-electron chi connectivity index (χ2n) is 7.68. The summed E-state index contributed by atoms with van der Waals surface area (Å²) < 4.78 is 0. The van der Waals surface area contributed by atoms with Crippen LogP contribution < -0.4 is 10.6 Å². The molecule has 6 heteroatoms. The number of piperidine rings is 1. The summed E-state index contributed by atoms with van der Waals surface area (Å²) in [5.41, 5.74) is 3.10. The summed E-state index contributed by atoms with van der Waals surface area (Å²) in [5, 5.41) is 16.0. The summed E-state index contributed by atoms with van der Waals surface area (Å²) in [4.78, 5) is 7.30. The van der Waals surface area contributed by atoms with Crippen LogP contribution in [-0.4, -0.2) is 36.0 Å². The van der Waals surface area contributed by atoms with E-state index in [4.69, 9.17) is 10.3 Å². The average molecular weight is 517 g/mol. The number of guanidine groups is 1. The van der Waals surface area contributed by atoms with Crippen LogP contribution in [0.15, 0.2) is 59.6 Å². The lowest BCUT2D eigenvalue weighted by atomic mass is 9.97. The van der Waals surface area contributed by atoms with Crippen molar-refractivity contribution in [3.05, 3.63) is 71.3 Å². The van der Waals surface area contributed by atoms with Gasteiger partial charge in [0.1, 0.15) is 0 Å². The maximum absolute atomic E-state index is 9.06. The number of hydrogen-bond acceptors (Lipinski definition) is 3. The van der Waals surface area contributed by atoms with Gasteiger partial charge in [0.15, 0.2) is 5.96 Å². The SMILES string of the molecule is CCNC(=NCc1cccc(C#N)c1)NC1CCN(Cc2ccccc2)C(C)C1.I. The molecule has 2 N–H and O–H groups in total. The van der Waals surface area contributed by atoms with Crippen molar-refractivity contribution in [2.24, 2.45) is 4.99 Å². The molecule has 1 saturated heterocycles. The third-order valence-corrected chi connectivity index (χ3v) is 5.40. The van der Waals surface area contributed by atoms with Crippen molar-refractivity contribution in [1.82, 2.24) is 15.5 Å². The maximum atomic E-state index is 9.06. The molecule has 5 nitrogen and oxygen atoms in total. The summed E-state index contributed by atoms with van der Waals surface area (Å²) in [5.74, 6) is 0.851. The summed E-state index contributed by atoms with van der Waals surface area (Å²) >= 11 is 0. The first-order chi connectivity index (χ1) is 14.2. The Morgan fingerprint density at radius 1 is 1.17 bits per heavy atom. The van der Waals surface area contributed by atoms with Gasteiger partial charge in [-0.25, -0.2) is 4.99 Å². The van der Waals surface area contributed by atoms with Crippen LogP contribution in [0.2, 0.25) is 0 Å². The van der Waals surface area contributed by atoms with E-state index < -0.39 is 0 Å². The zero-order valence-electron chi connectivity index (χ0n) is 17.8. The molecule has 0 bridgehead atoms. The van der Waals surface area contributed by atoms with Gasteiger partial charge < -0.3 is 10.6 Å². The Morgan fingerprint density at radius 3 is 2.63 bits per heavy atom. The first kappa shape index (κ1) is 24.2. The Bertz CT molecular complexity index is 846. The van der Waals surface area contributed by atoms with Crippen molar-refractivity contribution in [1.29, 1.82) is 5.26 Å². The molecule has 0 spiro atoms. The highest BCUT2D eigenvalue weighted by Crippen LogP contribution is 2.20. The van der Waals surface area contributed by atoms with Crippen molar-refractivity contribution < 1.29 is 0 Å². The third-order valence-electron chi connectivity index (χ3n) is 5.40. The molecule has 2 aromatic carbocycles. The fourth-order valence-corrected chi connectivity index (χ4v) is 3.83. The van der Waals surface area contributed by atoms with Crippen molar-refractivity contribution in [3.8, 4) is 6.07 Å². The van der Waals surface area contributed by atoms with Crippen LogP contribution in [0.25, 0.3) is 0 Å². The lowest BCUT2D eigenvalue weighted by Gasteiger charge is -2.38. The van der Waals surface area contributed by atoms with Gasteiger partial charge in [-0.05, 0) is 49.9 Å². The minimum Gasteiger partial charge on any atom is -0.357 e. The molecule has 0 aromatic heterocycles. The number of nitrogens with zero attached hydrogens (tertiary/aromatic N) is 3. The monoisotopic (exact) mass is 517 g/mol. The number of nitrogens with one attached hydrogen (secondary N) is 2. The van der Waals surface area contributed by atoms with Crippen LogP contribution in [0.5, 0.6) is 0 Å². The molecular weight excluding hydrogens is 485 g/mol. The lowest BCUT2D eigenvalue weighted by molar-refractivity contribution is 0.134. The summed E-state index contributed by atoms with van der Waals surface area (Å²) in [6.45, 7) is 7.88. The molecule has 0 aliphatic carbocycles. The smallest absolute Gasteiger partial charge is 0.191 e. The van der Waals surface area contributed by atoms with Gasteiger partial charge in [0, 0.05) is 31.7 Å². The van der Waals surface area contributed by atoms with Crippen LogP contribution in [0.3, 0.4) is 0 Å². The number of nitriles is 1. The molecular formula is C24H32IN5. The summed E-state index contributed by atoms with van der Waals surface area (Å²) in [6.07, 6.45) is 2.20. The van der Waals surface area contributed by atoms with Crippen LogP contribution in [0.1, 0.15) is 43.4 Å². The predicted molar refractivity (Wildman–Crippen MR) is 134 cm³/mol. The van der Waals surface area contributed by atoms with Gasteiger partial charge in [0.25, 0.3) is 0 Å². The quantitative estimate of drug-likeness (QED) is 0.341. The number of hydrogen-bond donors (Lipinski definition) is 2. The molecule has 1 heterocycles. The van der Waals surface area contributed by atoms with E-state index >= 15 is 0 Å². The molecule has 1 aliphatic rings. The summed E-state index contributed by atoms with van der Waals surface area (Å²) in [6, 6.07) is 21.5. The van der Waals surface area contributed by atoms with Gasteiger partial charge in [0.2, 0.25) is 0 Å². The van der Waals surface area contributed by atoms with Crippen molar-refractivity contribution in [2.45, 2.75) is 51.9 Å². The molecule has 30 heavy (non-hydrogen) atoms. The number of aliphatic imine (C=N–C) groups is 1. The first-order valence-electron chi connectivity index (χ1n) is 10.5. The minimum absolute atomic E-state index is 0. The fourth-order valence-electron chi connectivity index (χ4n) is 3.83. The van der Waals surface area contributed by atoms with E-state index in [0.717, 1.165) is 44.0 Å². The van der Waals surface area contributed by atoms with E-state index in [1.54, 1.807) is 0 Å². The maximum Gasteiger partial charge on any atom is 0.191 e. The molecule has 0 saturated carbocycles. The molecule has 2 aromatic rings. The molecule has 3 rings (SSSR count). The molecule has 160 valence electrons. The zero-order valence-corrected chi connectivity index (χ0v) is 20.2. The lowest BCUT2D eigenvalue weighted by Crippen LogP contribution is -2.51. The van der Waals surface area contributed by atoms with Crippen LogP contribution >= 0.6 is 24.0 Å². The normalized spacial score (nSPS) is 19.4. The van der Waals surface area contributed by atoms with Gasteiger partial charge >= 0.3 is 0 Å². The number of benzene rings is 2. The standard InChI is InChI=1S/C24H31N5.HI/c1-3-26-24(27-17-22-11-7-10-21(15-22)16-25)28-23-12-13-29(19(2)14-23)18-20-8-5-4-6-9-20;/h4-11,15,19,23H,3,12-14,17-18H2,1-2H3,(H2,26,27,28);1H. The summed E-state index contributed by atoms with van der Waals surface area (Å²) in [7, 11) is 0. The molecule has 1 aliphatic heterocycles. The number of likely N-dealkylation sites (tertiary alicyclic amines) is 1. The Morgan fingerprint density at radius 2 is 1.93 bits per heavy atom. The second-order valence-corrected chi connectivity index (χ2v) is 7.68. The van der Waals surface area contributed by atoms with Crippen molar-refractivity contribution >= 4 is 29.9 Å². The topological polar surface area (TPSA) is 63.5 Å². The van der Waals surface area contributed by atoms with Gasteiger partial charge in [-0.2, -0.15) is 5.26 Å². The van der Waals surface area contributed by atoms with E-state index in [1.807, 2.05) is 24.3 Å². The second kappa shape index (κ2) is 12.6. The van der Waals surface area contributed by atoms with Crippen molar-refractivity contribution in [2.75, 3.05) is 13.1 Å². The Labute approximate surface area is 197 Å². The van der Waals surface area contributed by atoms with E-state index in [1.165, 1.54) is 5.56 Å². The van der Waals surface area contributed by atoms with Gasteiger partial charge in [-0.3, -0.25) is 4.90 Å². The van der Waals surface area contributed by atoms with Gasteiger partial charge in [0.05, 0.1) is 18.2 Å². The highest BCUT2D eigenvalue weighted by molar-refractivity contribution is 14.0. The Kier molecular flexibility index (Phi) is 10.1. The number of rotatable bonds is 6. The van der Waals surface area contributed by atoms with E-state index in [9.17, 15) is 0 Å². The molecule has 0 radical (unpaired) electrons. The largest absolute Gasteiger partial charge is 0.357 e. The number of halogens is 1. The Hall–Kier alpha value is -2.11. The average Bonchev–Trinajstić information content (AvgIpc) is 2.75. The highest BCUT2D eigenvalue weighted by Gasteiger charge is 2.25. The van der Waals surface area contributed by atoms with Gasteiger partial charge in [-0.15, -0.1) is 24.0 Å². The fraction of sp³-hybridized carbons (Fsp3) is 0.417. The predicted octanol–water partition coefficient (Wildman–Crippen LogP) is 4.28. The van der Waals surface area contributed by atoms with Crippen molar-refractivity contribution in [3.63, 3.8) is 0 Å². The van der Waals surface area contributed by atoms with E-state index in [0.29, 0.717) is 24.2 Å². The highest BCUT2D eigenvalue weighted by atomic mass is 127. The first-order valence-corrected chi connectivity index (χ1v) is 10.5. The Balaban J connectivity index is 0.00000320. The van der Waals surface area contributed by atoms with Crippen LogP contribution in [0.4, 0.5) is 0 Å². The molecule has 1 fully saturated rings.